The molecule has 1 fully saturated rings. The summed E-state index contributed by atoms with van der Waals surface area (Å²) in [6.45, 7) is 3.46. The van der Waals surface area contributed by atoms with E-state index >= 15 is 0 Å². The third kappa shape index (κ3) is 4.09. The summed E-state index contributed by atoms with van der Waals surface area (Å²) >= 11 is 0. The third-order valence-electron chi connectivity index (χ3n) is 4.38. The van der Waals surface area contributed by atoms with Crippen LogP contribution in [0.3, 0.4) is 0 Å². The smallest absolute Gasteiger partial charge is 0.234 e. The van der Waals surface area contributed by atoms with Gasteiger partial charge in [-0.25, -0.2) is 4.98 Å². The number of fused-ring (bicyclic) bond motifs is 1. The molecule has 2 aromatic rings. The molecule has 124 valence electrons. The zero-order valence-corrected chi connectivity index (χ0v) is 13.5. The first-order valence-electron chi connectivity index (χ1n) is 8.19. The SMILES string of the molecule is COCCNC(=O)CN1CCC(c2nc3ccccc3[nH]2)CC1. The molecule has 23 heavy (non-hydrogen) atoms. The summed E-state index contributed by atoms with van der Waals surface area (Å²) in [4.78, 5) is 22.2. The van der Waals surface area contributed by atoms with Crippen LogP contribution in [0.1, 0.15) is 24.6 Å². The maximum absolute atomic E-state index is 11.8. The highest BCUT2D eigenvalue weighted by Gasteiger charge is 2.24. The number of benzene rings is 1. The number of imidazole rings is 1. The number of aromatic nitrogens is 2. The van der Waals surface area contributed by atoms with Gasteiger partial charge in [-0.3, -0.25) is 9.69 Å². The Morgan fingerprint density at radius 1 is 1.39 bits per heavy atom. The molecule has 1 aromatic heterocycles. The second-order valence-electron chi connectivity index (χ2n) is 6.03. The molecule has 0 aliphatic carbocycles. The minimum atomic E-state index is 0.0734. The molecular weight excluding hydrogens is 292 g/mol. The fraction of sp³-hybridized carbons (Fsp3) is 0.529. The predicted molar refractivity (Wildman–Crippen MR) is 89.4 cm³/mol. The van der Waals surface area contributed by atoms with Crippen molar-refractivity contribution in [3.8, 4) is 0 Å². The number of carbonyl (C=O) groups is 1. The van der Waals surface area contributed by atoms with Crippen molar-refractivity contribution in [2.24, 2.45) is 0 Å². The highest BCUT2D eigenvalue weighted by atomic mass is 16.5. The van der Waals surface area contributed by atoms with Crippen LogP contribution in [0, 0.1) is 0 Å². The number of aromatic amines is 1. The van der Waals surface area contributed by atoms with E-state index in [9.17, 15) is 4.79 Å². The van der Waals surface area contributed by atoms with Crippen LogP contribution in [-0.4, -0.2) is 60.7 Å². The number of ether oxygens (including phenoxy) is 1. The second kappa shape index (κ2) is 7.57. The van der Waals surface area contributed by atoms with Crippen molar-refractivity contribution in [3.05, 3.63) is 30.1 Å². The lowest BCUT2D eigenvalue weighted by Crippen LogP contribution is -2.42. The van der Waals surface area contributed by atoms with Crippen LogP contribution in [0.25, 0.3) is 11.0 Å². The van der Waals surface area contributed by atoms with Crippen LogP contribution in [0.4, 0.5) is 0 Å². The van der Waals surface area contributed by atoms with Gasteiger partial charge in [0.05, 0.1) is 24.2 Å². The van der Waals surface area contributed by atoms with Crippen LogP contribution in [0.2, 0.25) is 0 Å². The van der Waals surface area contributed by atoms with E-state index in [1.165, 1.54) is 0 Å². The average molecular weight is 316 g/mol. The number of nitrogens with one attached hydrogen (secondary N) is 2. The Labute approximate surface area is 136 Å². The molecule has 0 spiro atoms. The van der Waals surface area contributed by atoms with Gasteiger partial charge in [-0.15, -0.1) is 0 Å². The molecule has 6 nitrogen and oxygen atoms in total. The zero-order valence-electron chi connectivity index (χ0n) is 13.5. The minimum absolute atomic E-state index is 0.0734. The van der Waals surface area contributed by atoms with Gasteiger partial charge in [0.1, 0.15) is 5.82 Å². The first-order chi connectivity index (χ1) is 11.3. The van der Waals surface area contributed by atoms with Crippen LogP contribution in [-0.2, 0) is 9.53 Å². The molecular formula is C17H24N4O2. The Hall–Kier alpha value is -1.92. The van der Waals surface area contributed by atoms with Crippen LogP contribution < -0.4 is 5.32 Å². The van der Waals surface area contributed by atoms with Crippen molar-refractivity contribution in [3.63, 3.8) is 0 Å². The topological polar surface area (TPSA) is 70.2 Å². The maximum atomic E-state index is 11.8. The molecule has 1 aromatic carbocycles. The van der Waals surface area contributed by atoms with E-state index in [0.717, 1.165) is 42.8 Å². The molecule has 0 saturated carbocycles. The number of piperidine rings is 1. The molecule has 0 atom stereocenters. The second-order valence-corrected chi connectivity index (χ2v) is 6.03. The maximum Gasteiger partial charge on any atom is 0.234 e. The molecule has 2 heterocycles. The lowest BCUT2D eigenvalue weighted by Gasteiger charge is -2.30. The van der Waals surface area contributed by atoms with E-state index < -0.39 is 0 Å². The van der Waals surface area contributed by atoms with Crippen molar-refractivity contribution < 1.29 is 9.53 Å². The molecule has 1 aliphatic heterocycles. The number of hydrogen-bond acceptors (Lipinski definition) is 4. The Balaban J connectivity index is 1.49. The summed E-state index contributed by atoms with van der Waals surface area (Å²) in [5.41, 5.74) is 2.13. The summed E-state index contributed by atoms with van der Waals surface area (Å²) in [6, 6.07) is 8.13. The van der Waals surface area contributed by atoms with Crippen molar-refractivity contribution in [2.75, 3.05) is 39.9 Å². The molecule has 1 aliphatic rings. The summed E-state index contributed by atoms with van der Waals surface area (Å²) in [5.74, 6) is 1.61. The number of hydrogen-bond donors (Lipinski definition) is 2. The minimum Gasteiger partial charge on any atom is -0.383 e. The Morgan fingerprint density at radius 3 is 2.91 bits per heavy atom. The number of para-hydroxylation sites is 2. The molecule has 1 saturated heterocycles. The summed E-state index contributed by atoms with van der Waals surface area (Å²) in [5, 5.41) is 2.87. The lowest BCUT2D eigenvalue weighted by molar-refractivity contribution is -0.122. The summed E-state index contributed by atoms with van der Waals surface area (Å²) in [6.07, 6.45) is 2.07. The Kier molecular flexibility index (Phi) is 5.25. The van der Waals surface area contributed by atoms with E-state index in [1.807, 2.05) is 18.2 Å². The molecule has 2 N–H and O–H groups in total. The van der Waals surface area contributed by atoms with E-state index in [4.69, 9.17) is 9.72 Å². The van der Waals surface area contributed by atoms with E-state index in [1.54, 1.807) is 7.11 Å². The van der Waals surface area contributed by atoms with Crippen molar-refractivity contribution in [1.82, 2.24) is 20.2 Å². The van der Waals surface area contributed by atoms with Crippen LogP contribution in [0.5, 0.6) is 0 Å². The molecule has 6 heteroatoms. The first-order valence-corrected chi connectivity index (χ1v) is 8.19. The number of H-pyrrole nitrogens is 1. The molecule has 0 unspecified atom stereocenters. The number of likely N-dealkylation sites (tertiary alicyclic amines) is 1. The monoisotopic (exact) mass is 316 g/mol. The molecule has 1 amide bonds. The van der Waals surface area contributed by atoms with Gasteiger partial charge in [-0.2, -0.15) is 0 Å². The zero-order chi connectivity index (χ0) is 16.1. The van der Waals surface area contributed by atoms with Crippen LogP contribution in [0.15, 0.2) is 24.3 Å². The number of methoxy groups -OCH3 is 1. The van der Waals surface area contributed by atoms with Gasteiger partial charge in [0.15, 0.2) is 0 Å². The standard InChI is InChI=1S/C17H24N4O2/c1-23-11-8-18-16(22)12-21-9-6-13(7-10-21)17-19-14-4-2-3-5-15(14)20-17/h2-5,13H,6-12H2,1H3,(H,18,22)(H,19,20). The highest BCUT2D eigenvalue weighted by molar-refractivity contribution is 5.78. The van der Waals surface area contributed by atoms with Gasteiger partial charge in [0, 0.05) is 19.6 Å². The van der Waals surface area contributed by atoms with Gasteiger partial charge in [-0.1, -0.05) is 12.1 Å². The van der Waals surface area contributed by atoms with E-state index in [0.29, 0.717) is 25.6 Å². The van der Waals surface area contributed by atoms with Gasteiger partial charge in [0.25, 0.3) is 0 Å². The molecule has 0 bridgehead atoms. The number of amides is 1. The van der Waals surface area contributed by atoms with Crippen LogP contribution >= 0.6 is 0 Å². The summed E-state index contributed by atoms with van der Waals surface area (Å²) < 4.78 is 4.93. The third-order valence-corrected chi connectivity index (χ3v) is 4.38. The first kappa shape index (κ1) is 16.0. The average Bonchev–Trinajstić information content (AvgIpc) is 3.00. The highest BCUT2D eigenvalue weighted by Crippen LogP contribution is 2.27. The Bertz CT molecular complexity index is 614. The van der Waals surface area contributed by atoms with Gasteiger partial charge >= 0.3 is 0 Å². The summed E-state index contributed by atoms with van der Waals surface area (Å²) in [7, 11) is 1.63. The lowest BCUT2D eigenvalue weighted by atomic mass is 9.96. The molecule has 3 rings (SSSR count). The van der Waals surface area contributed by atoms with Gasteiger partial charge < -0.3 is 15.0 Å². The normalized spacial score (nSPS) is 16.7. The van der Waals surface area contributed by atoms with Crippen molar-refractivity contribution >= 4 is 16.9 Å². The fourth-order valence-corrected chi connectivity index (χ4v) is 3.08. The van der Waals surface area contributed by atoms with Crippen molar-refractivity contribution in [1.29, 1.82) is 0 Å². The number of rotatable bonds is 6. The van der Waals surface area contributed by atoms with E-state index in [2.05, 4.69) is 21.3 Å². The van der Waals surface area contributed by atoms with Crippen molar-refractivity contribution in [2.45, 2.75) is 18.8 Å². The fourth-order valence-electron chi connectivity index (χ4n) is 3.08. The predicted octanol–water partition coefficient (Wildman–Crippen LogP) is 1.50. The van der Waals surface area contributed by atoms with E-state index in [-0.39, 0.29) is 5.91 Å². The van der Waals surface area contributed by atoms with Gasteiger partial charge in [0.2, 0.25) is 5.91 Å². The number of nitrogens with zero attached hydrogens (tertiary/aromatic N) is 2. The Morgan fingerprint density at radius 2 is 2.17 bits per heavy atom. The largest absolute Gasteiger partial charge is 0.383 e. The quantitative estimate of drug-likeness (QED) is 0.793. The number of carbonyl (C=O) groups excluding carboxylic acids is 1. The molecule has 0 radical (unpaired) electrons. The van der Waals surface area contributed by atoms with Gasteiger partial charge in [-0.05, 0) is 38.1 Å².